The van der Waals surface area contributed by atoms with Crippen molar-refractivity contribution >= 4 is 22.8 Å². The fourth-order valence-electron chi connectivity index (χ4n) is 3.79. The van der Waals surface area contributed by atoms with Crippen molar-refractivity contribution in [1.29, 1.82) is 0 Å². The van der Waals surface area contributed by atoms with Crippen molar-refractivity contribution in [3.8, 4) is 22.5 Å². The number of anilines is 1. The Balaban J connectivity index is 1.42. The quantitative estimate of drug-likeness (QED) is 0.312. The molecule has 3 aromatic carbocycles. The molecule has 0 saturated carbocycles. The van der Waals surface area contributed by atoms with Gasteiger partial charge in [0.05, 0.1) is 22.4 Å². The number of carbonyl (C=O) groups is 1. The normalized spacial score (nSPS) is 10.8. The van der Waals surface area contributed by atoms with E-state index in [-0.39, 0.29) is 17.7 Å². The monoisotopic (exact) mass is 481 g/mol. The molecule has 0 atom stereocenters. The van der Waals surface area contributed by atoms with Gasteiger partial charge in [-0.15, -0.1) is 0 Å². The molecule has 6 nitrogen and oxygen atoms in total. The van der Waals surface area contributed by atoms with Crippen molar-refractivity contribution in [2.45, 2.75) is 6.42 Å². The number of benzene rings is 3. The van der Waals surface area contributed by atoms with Crippen molar-refractivity contribution in [3.05, 3.63) is 108 Å². The molecular formula is C28H21F2N5O. The first kappa shape index (κ1) is 23.0. The zero-order valence-electron chi connectivity index (χ0n) is 19.1. The van der Waals surface area contributed by atoms with Gasteiger partial charge in [0.15, 0.2) is 0 Å². The van der Waals surface area contributed by atoms with Gasteiger partial charge in [0.1, 0.15) is 11.6 Å². The summed E-state index contributed by atoms with van der Waals surface area (Å²) in [5.74, 6) is -0.720. The number of fused-ring (bicyclic) bond motifs is 1. The van der Waals surface area contributed by atoms with E-state index in [1.807, 2.05) is 12.1 Å². The smallest absolute Gasteiger partial charge is 0.319 e. The molecule has 2 aromatic heterocycles. The number of hydrogen-bond donors (Lipinski definition) is 2. The van der Waals surface area contributed by atoms with Crippen LogP contribution in [0.3, 0.4) is 0 Å². The topological polar surface area (TPSA) is 79.8 Å². The summed E-state index contributed by atoms with van der Waals surface area (Å²) < 4.78 is 27.1. The molecule has 0 aliphatic heterocycles. The summed E-state index contributed by atoms with van der Waals surface area (Å²) in [6, 6.07) is 20.6. The van der Waals surface area contributed by atoms with E-state index in [0.29, 0.717) is 52.2 Å². The Morgan fingerprint density at radius 3 is 2.03 bits per heavy atom. The number of carbonyl (C=O) groups excluding carboxylic acids is 1. The molecule has 2 amide bonds. The molecule has 8 heteroatoms. The van der Waals surface area contributed by atoms with Crippen LogP contribution in [0.5, 0.6) is 0 Å². The molecule has 0 aliphatic rings. The summed E-state index contributed by atoms with van der Waals surface area (Å²) in [6.45, 7) is 0.459. The standard InChI is InChI=1S/C28H21F2N5O/c29-21-7-3-19(4-8-21)26-27(20-5-9-22(30)10-6-20)35-25-16-23(11-12-24(25)34-26)33-28(36)32-15-13-18-2-1-14-31-17-18/h1-12,14,16-17H,13,15H2,(H2,32,33,36). The SMILES string of the molecule is O=C(NCCc1cccnc1)Nc1ccc2nc(-c3ccc(F)cc3)c(-c3ccc(F)cc3)nc2c1. The van der Waals surface area contributed by atoms with Crippen LogP contribution in [0.2, 0.25) is 0 Å². The molecule has 2 N–H and O–H groups in total. The summed E-state index contributed by atoms with van der Waals surface area (Å²) in [5, 5.41) is 5.64. The number of halogens is 2. The van der Waals surface area contributed by atoms with Crippen LogP contribution in [-0.2, 0) is 6.42 Å². The zero-order valence-corrected chi connectivity index (χ0v) is 19.1. The minimum atomic E-state index is -0.364. The van der Waals surface area contributed by atoms with Crippen LogP contribution >= 0.6 is 0 Å². The van der Waals surface area contributed by atoms with Crippen LogP contribution < -0.4 is 10.6 Å². The number of aromatic nitrogens is 3. The third-order valence-corrected chi connectivity index (χ3v) is 5.58. The molecular weight excluding hydrogens is 460 g/mol. The first-order chi connectivity index (χ1) is 17.5. The van der Waals surface area contributed by atoms with Gasteiger partial charge in [-0.25, -0.2) is 23.5 Å². The number of urea groups is 1. The van der Waals surface area contributed by atoms with Crippen molar-refractivity contribution in [2.75, 3.05) is 11.9 Å². The Kier molecular flexibility index (Phi) is 6.57. The van der Waals surface area contributed by atoms with E-state index in [0.717, 1.165) is 5.56 Å². The Labute approximate surface area is 206 Å². The Hall–Kier alpha value is -4.72. The zero-order chi connectivity index (χ0) is 24.9. The fraction of sp³-hybridized carbons (Fsp3) is 0.0714. The lowest BCUT2D eigenvalue weighted by atomic mass is 10.0. The van der Waals surface area contributed by atoms with E-state index in [2.05, 4.69) is 15.6 Å². The van der Waals surface area contributed by atoms with Crippen LogP contribution in [0.25, 0.3) is 33.5 Å². The minimum Gasteiger partial charge on any atom is -0.338 e. The van der Waals surface area contributed by atoms with E-state index in [1.54, 1.807) is 54.9 Å². The van der Waals surface area contributed by atoms with Crippen LogP contribution in [-0.4, -0.2) is 27.5 Å². The van der Waals surface area contributed by atoms with Crippen molar-refractivity contribution < 1.29 is 13.6 Å². The molecule has 5 aromatic rings. The Morgan fingerprint density at radius 2 is 1.42 bits per heavy atom. The van der Waals surface area contributed by atoms with E-state index in [1.165, 1.54) is 24.3 Å². The summed E-state index contributed by atoms with van der Waals surface area (Å²) in [7, 11) is 0. The van der Waals surface area contributed by atoms with Crippen molar-refractivity contribution in [2.24, 2.45) is 0 Å². The van der Waals surface area contributed by atoms with Crippen molar-refractivity contribution in [3.63, 3.8) is 0 Å². The second-order valence-electron chi connectivity index (χ2n) is 8.13. The molecule has 0 radical (unpaired) electrons. The highest BCUT2D eigenvalue weighted by Gasteiger charge is 2.14. The molecule has 0 bridgehead atoms. The lowest BCUT2D eigenvalue weighted by Gasteiger charge is -2.12. The van der Waals surface area contributed by atoms with Gasteiger partial charge in [-0.05, 0) is 84.8 Å². The highest BCUT2D eigenvalue weighted by molar-refractivity contribution is 5.93. The lowest BCUT2D eigenvalue weighted by Crippen LogP contribution is -2.30. The maximum Gasteiger partial charge on any atom is 0.319 e. The number of hydrogen-bond acceptors (Lipinski definition) is 4. The predicted molar refractivity (Wildman–Crippen MR) is 135 cm³/mol. The number of rotatable bonds is 6. The highest BCUT2D eigenvalue weighted by atomic mass is 19.1. The molecule has 36 heavy (non-hydrogen) atoms. The van der Waals surface area contributed by atoms with E-state index in [4.69, 9.17) is 9.97 Å². The third-order valence-electron chi connectivity index (χ3n) is 5.58. The van der Waals surface area contributed by atoms with Gasteiger partial charge in [0, 0.05) is 35.8 Å². The van der Waals surface area contributed by atoms with Gasteiger partial charge in [0.2, 0.25) is 0 Å². The molecule has 5 rings (SSSR count). The first-order valence-electron chi connectivity index (χ1n) is 11.3. The highest BCUT2D eigenvalue weighted by Crippen LogP contribution is 2.32. The van der Waals surface area contributed by atoms with Gasteiger partial charge in [-0.3, -0.25) is 4.98 Å². The fourth-order valence-corrected chi connectivity index (χ4v) is 3.79. The summed E-state index contributed by atoms with van der Waals surface area (Å²) >= 11 is 0. The number of nitrogens with zero attached hydrogens (tertiary/aromatic N) is 3. The number of pyridine rings is 1. The molecule has 2 heterocycles. The Bertz CT molecular complexity index is 1510. The van der Waals surface area contributed by atoms with Crippen LogP contribution in [0.1, 0.15) is 5.56 Å². The van der Waals surface area contributed by atoms with Gasteiger partial charge < -0.3 is 10.6 Å². The van der Waals surface area contributed by atoms with Gasteiger partial charge in [-0.1, -0.05) is 6.07 Å². The largest absolute Gasteiger partial charge is 0.338 e. The van der Waals surface area contributed by atoms with Crippen molar-refractivity contribution in [1.82, 2.24) is 20.3 Å². The molecule has 0 unspecified atom stereocenters. The van der Waals surface area contributed by atoms with E-state index >= 15 is 0 Å². The minimum absolute atomic E-state index is 0.340. The van der Waals surface area contributed by atoms with E-state index in [9.17, 15) is 13.6 Å². The summed E-state index contributed by atoms with van der Waals surface area (Å²) in [4.78, 5) is 26.0. The lowest BCUT2D eigenvalue weighted by molar-refractivity contribution is 0.252. The summed E-state index contributed by atoms with van der Waals surface area (Å²) in [6.07, 6.45) is 4.13. The van der Waals surface area contributed by atoms with Crippen LogP contribution in [0, 0.1) is 11.6 Å². The molecule has 0 fully saturated rings. The summed E-state index contributed by atoms with van der Waals surface area (Å²) in [5.41, 5.74) is 5.14. The van der Waals surface area contributed by atoms with Gasteiger partial charge in [-0.2, -0.15) is 0 Å². The molecule has 0 spiro atoms. The van der Waals surface area contributed by atoms with Gasteiger partial charge >= 0.3 is 6.03 Å². The number of amides is 2. The average Bonchev–Trinajstić information content (AvgIpc) is 2.89. The molecule has 0 aliphatic carbocycles. The maximum atomic E-state index is 13.6. The first-order valence-corrected chi connectivity index (χ1v) is 11.3. The Morgan fingerprint density at radius 1 is 0.778 bits per heavy atom. The third kappa shape index (κ3) is 5.33. The second-order valence-corrected chi connectivity index (χ2v) is 8.13. The van der Waals surface area contributed by atoms with Crippen LogP contribution in [0.4, 0.5) is 19.3 Å². The van der Waals surface area contributed by atoms with Crippen LogP contribution in [0.15, 0.2) is 91.3 Å². The average molecular weight is 482 g/mol. The predicted octanol–water partition coefficient (Wildman–Crippen LogP) is 6.00. The van der Waals surface area contributed by atoms with Gasteiger partial charge in [0.25, 0.3) is 0 Å². The molecule has 0 saturated heterocycles. The second kappa shape index (κ2) is 10.3. The molecule has 178 valence electrons. The van der Waals surface area contributed by atoms with E-state index < -0.39 is 0 Å². The maximum absolute atomic E-state index is 13.6. The number of nitrogens with one attached hydrogen (secondary N) is 2.